The van der Waals surface area contributed by atoms with Gasteiger partial charge in [0.2, 0.25) is 0 Å². The van der Waals surface area contributed by atoms with Gasteiger partial charge in [0.15, 0.2) is 11.6 Å². The van der Waals surface area contributed by atoms with Crippen LogP contribution in [0.5, 0.6) is 0 Å². The maximum Gasteiger partial charge on any atom is 0.186 e. The molecule has 0 bridgehead atoms. The van der Waals surface area contributed by atoms with Crippen molar-refractivity contribution in [2.75, 3.05) is 31.2 Å². The SMILES string of the molecule is Cc1ncnc(N(CCO)CCO)c1F. The summed E-state index contributed by atoms with van der Waals surface area (Å²) >= 11 is 0. The van der Waals surface area contributed by atoms with Crippen molar-refractivity contribution in [1.82, 2.24) is 9.97 Å². The maximum atomic E-state index is 13.6. The van der Waals surface area contributed by atoms with Crippen LogP contribution in [0.1, 0.15) is 5.69 Å². The van der Waals surface area contributed by atoms with Gasteiger partial charge in [-0.2, -0.15) is 0 Å². The molecule has 0 radical (unpaired) electrons. The van der Waals surface area contributed by atoms with E-state index in [0.29, 0.717) is 0 Å². The summed E-state index contributed by atoms with van der Waals surface area (Å²) in [5, 5.41) is 17.6. The Morgan fingerprint density at radius 3 is 2.40 bits per heavy atom. The third-order valence-corrected chi connectivity index (χ3v) is 1.98. The lowest BCUT2D eigenvalue weighted by atomic mass is 10.3. The minimum absolute atomic E-state index is 0.116. The van der Waals surface area contributed by atoms with Gasteiger partial charge in [-0.25, -0.2) is 14.4 Å². The second-order valence-electron chi connectivity index (χ2n) is 3.03. The van der Waals surface area contributed by atoms with Crippen LogP contribution in [0, 0.1) is 12.7 Å². The molecule has 2 N–H and O–H groups in total. The lowest BCUT2D eigenvalue weighted by Gasteiger charge is -2.22. The summed E-state index contributed by atoms with van der Waals surface area (Å²) in [6.07, 6.45) is 1.26. The van der Waals surface area contributed by atoms with Crippen LogP contribution in [0.2, 0.25) is 0 Å². The summed E-state index contributed by atoms with van der Waals surface area (Å²) in [6, 6.07) is 0. The molecular formula is C9H14FN3O2. The van der Waals surface area contributed by atoms with Crippen LogP contribution in [0.3, 0.4) is 0 Å². The van der Waals surface area contributed by atoms with Crippen LogP contribution in [-0.4, -0.2) is 46.5 Å². The average molecular weight is 215 g/mol. The number of rotatable bonds is 5. The number of aliphatic hydroxyl groups excluding tert-OH is 2. The van der Waals surface area contributed by atoms with Gasteiger partial charge < -0.3 is 15.1 Å². The van der Waals surface area contributed by atoms with Crippen molar-refractivity contribution >= 4 is 5.82 Å². The molecule has 0 unspecified atom stereocenters. The minimum atomic E-state index is -0.514. The number of aryl methyl sites for hydroxylation is 1. The molecule has 84 valence electrons. The molecule has 0 aliphatic heterocycles. The highest BCUT2D eigenvalue weighted by Crippen LogP contribution is 2.16. The third-order valence-electron chi connectivity index (χ3n) is 1.98. The first-order chi connectivity index (χ1) is 7.20. The normalized spacial score (nSPS) is 10.4. The predicted molar refractivity (Wildman–Crippen MR) is 53.1 cm³/mol. The topological polar surface area (TPSA) is 69.5 Å². The van der Waals surface area contributed by atoms with E-state index in [-0.39, 0.29) is 37.8 Å². The summed E-state index contributed by atoms with van der Waals surface area (Å²) in [7, 11) is 0. The Bertz CT molecular complexity index is 316. The van der Waals surface area contributed by atoms with Crippen molar-refractivity contribution in [2.24, 2.45) is 0 Å². The molecule has 6 heteroatoms. The molecule has 0 aromatic carbocycles. The van der Waals surface area contributed by atoms with Gasteiger partial charge in [-0.1, -0.05) is 0 Å². The van der Waals surface area contributed by atoms with Crippen molar-refractivity contribution in [3.63, 3.8) is 0 Å². The molecule has 0 atom stereocenters. The molecule has 0 saturated heterocycles. The monoisotopic (exact) mass is 215 g/mol. The average Bonchev–Trinajstić information content (AvgIpc) is 2.22. The van der Waals surface area contributed by atoms with Crippen molar-refractivity contribution in [3.05, 3.63) is 17.8 Å². The highest BCUT2D eigenvalue weighted by atomic mass is 19.1. The summed E-state index contributed by atoms with van der Waals surface area (Å²) in [4.78, 5) is 8.97. The van der Waals surface area contributed by atoms with Crippen LogP contribution in [0.25, 0.3) is 0 Å². The molecule has 1 rings (SSSR count). The van der Waals surface area contributed by atoms with E-state index < -0.39 is 5.82 Å². The number of aromatic nitrogens is 2. The molecule has 1 heterocycles. The zero-order chi connectivity index (χ0) is 11.3. The molecule has 1 aromatic rings. The van der Waals surface area contributed by atoms with Gasteiger partial charge >= 0.3 is 0 Å². The number of halogens is 1. The first-order valence-electron chi connectivity index (χ1n) is 4.64. The fraction of sp³-hybridized carbons (Fsp3) is 0.556. The van der Waals surface area contributed by atoms with E-state index in [1.54, 1.807) is 0 Å². The van der Waals surface area contributed by atoms with Crippen LogP contribution >= 0.6 is 0 Å². The highest BCUT2D eigenvalue weighted by molar-refractivity contribution is 5.40. The lowest BCUT2D eigenvalue weighted by molar-refractivity contribution is 0.280. The smallest absolute Gasteiger partial charge is 0.186 e. The molecular weight excluding hydrogens is 201 g/mol. The number of hydrogen-bond acceptors (Lipinski definition) is 5. The second kappa shape index (κ2) is 5.57. The van der Waals surface area contributed by atoms with E-state index >= 15 is 0 Å². The van der Waals surface area contributed by atoms with Gasteiger partial charge in [0.1, 0.15) is 6.33 Å². The van der Waals surface area contributed by atoms with E-state index in [9.17, 15) is 4.39 Å². The largest absolute Gasteiger partial charge is 0.395 e. The van der Waals surface area contributed by atoms with Crippen molar-refractivity contribution in [3.8, 4) is 0 Å². The maximum absolute atomic E-state index is 13.6. The number of hydrogen-bond donors (Lipinski definition) is 2. The fourth-order valence-electron chi connectivity index (χ4n) is 1.23. The summed E-state index contributed by atoms with van der Waals surface area (Å²) in [5.74, 6) is -0.398. The fourth-order valence-corrected chi connectivity index (χ4v) is 1.23. The number of nitrogens with zero attached hydrogens (tertiary/aromatic N) is 3. The zero-order valence-corrected chi connectivity index (χ0v) is 8.52. The Balaban J connectivity index is 2.94. The summed E-state index contributed by atoms with van der Waals surface area (Å²) < 4.78 is 13.6. The van der Waals surface area contributed by atoms with Crippen LogP contribution < -0.4 is 4.90 Å². The molecule has 0 spiro atoms. The minimum Gasteiger partial charge on any atom is -0.395 e. The Labute approximate surface area is 87.2 Å². The van der Waals surface area contributed by atoms with Crippen molar-refractivity contribution < 1.29 is 14.6 Å². The molecule has 0 aliphatic rings. The van der Waals surface area contributed by atoms with Gasteiger partial charge in [-0.05, 0) is 6.92 Å². The quantitative estimate of drug-likeness (QED) is 0.706. The Morgan fingerprint density at radius 1 is 1.27 bits per heavy atom. The molecule has 0 saturated carbocycles. The van der Waals surface area contributed by atoms with Gasteiger partial charge in [-0.15, -0.1) is 0 Å². The lowest BCUT2D eigenvalue weighted by Crippen LogP contribution is -2.31. The molecule has 5 nitrogen and oxygen atoms in total. The van der Waals surface area contributed by atoms with E-state index in [1.807, 2.05) is 0 Å². The first-order valence-corrected chi connectivity index (χ1v) is 4.64. The summed E-state index contributed by atoms with van der Waals surface area (Å²) in [6.45, 7) is 1.75. The van der Waals surface area contributed by atoms with Crippen LogP contribution in [0.15, 0.2) is 6.33 Å². The van der Waals surface area contributed by atoms with E-state index in [0.717, 1.165) is 0 Å². The van der Waals surface area contributed by atoms with Gasteiger partial charge in [0, 0.05) is 13.1 Å². The first kappa shape index (κ1) is 11.8. The Morgan fingerprint density at radius 2 is 1.87 bits per heavy atom. The van der Waals surface area contributed by atoms with Gasteiger partial charge in [0.25, 0.3) is 0 Å². The number of anilines is 1. The van der Waals surface area contributed by atoms with E-state index in [4.69, 9.17) is 10.2 Å². The Hall–Kier alpha value is -1.27. The standard InChI is InChI=1S/C9H14FN3O2/c1-7-8(10)9(12-6-11-7)13(2-4-14)3-5-15/h6,14-15H,2-5H2,1H3. The summed E-state index contributed by atoms with van der Waals surface area (Å²) in [5.41, 5.74) is 0.251. The number of aliphatic hydroxyl groups is 2. The molecule has 0 fully saturated rings. The molecule has 1 aromatic heterocycles. The van der Waals surface area contributed by atoms with Gasteiger partial charge in [0.05, 0.1) is 18.9 Å². The molecule has 0 aliphatic carbocycles. The molecule has 0 amide bonds. The van der Waals surface area contributed by atoms with Gasteiger partial charge in [-0.3, -0.25) is 0 Å². The van der Waals surface area contributed by atoms with Crippen LogP contribution in [-0.2, 0) is 0 Å². The van der Waals surface area contributed by atoms with Crippen molar-refractivity contribution in [2.45, 2.75) is 6.92 Å². The predicted octanol–water partition coefficient (Wildman–Crippen LogP) is -0.285. The Kier molecular flexibility index (Phi) is 4.38. The van der Waals surface area contributed by atoms with Crippen LogP contribution in [0.4, 0.5) is 10.2 Å². The van der Waals surface area contributed by atoms with E-state index in [2.05, 4.69) is 9.97 Å². The van der Waals surface area contributed by atoms with Crippen molar-refractivity contribution in [1.29, 1.82) is 0 Å². The van der Waals surface area contributed by atoms with E-state index in [1.165, 1.54) is 18.2 Å². The highest BCUT2D eigenvalue weighted by Gasteiger charge is 2.14. The zero-order valence-electron chi connectivity index (χ0n) is 8.52. The second-order valence-corrected chi connectivity index (χ2v) is 3.03. The third kappa shape index (κ3) is 2.84. The molecule has 15 heavy (non-hydrogen) atoms.